The van der Waals surface area contributed by atoms with Crippen LogP contribution in [0.4, 0.5) is 0 Å². The second kappa shape index (κ2) is 9.18. The van der Waals surface area contributed by atoms with Crippen LogP contribution in [0.25, 0.3) is 0 Å². The number of hydrogen-bond acceptors (Lipinski definition) is 4. The van der Waals surface area contributed by atoms with Crippen LogP contribution >= 0.6 is 0 Å². The number of aliphatic carboxylic acids is 1. The van der Waals surface area contributed by atoms with E-state index in [4.69, 9.17) is 5.11 Å². The summed E-state index contributed by atoms with van der Waals surface area (Å²) in [6.07, 6.45) is -0.350. The highest BCUT2D eigenvalue weighted by Crippen LogP contribution is 1.97. The first kappa shape index (κ1) is 16.1. The monoisotopic (exact) mass is 218 g/mol. The maximum absolute atomic E-state index is 10.6. The normalized spacial score (nSPS) is 8.87. The van der Waals surface area contributed by atoms with Crippen molar-refractivity contribution in [2.75, 3.05) is 6.61 Å². The minimum atomic E-state index is -1.05. The Bertz CT molecular complexity index is 220. The van der Waals surface area contributed by atoms with Gasteiger partial charge in [-0.25, -0.2) is 0 Å². The Kier molecular flexibility index (Phi) is 9.82. The van der Waals surface area contributed by atoms with Crippen molar-refractivity contribution in [1.82, 2.24) is 0 Å². The summed E-state index contributed by atoms with van der Waals surface area (Å²) in [4.78, 5) is 30.3. The molecule has 0 aliphatic rings. The fourth-order valence-electron chi connectivity index (χ4n) is 0.556. The van der Waals surface area contributed by atoms with E-state index in [0.29, 0.717) is 6.61 Å². The van der Waals surface area contributed by atoms with Crippen molar-refractivity contribution in [3.63, 3.8) is 0 Å². The third kappa shape index (κ3) is 15.4. The van der Waals surface area contributed by atoms with Gasteiger partial charge in [0.15, 0.2) is 0 Å². The highest BCUT2D eigenvalue weighted by molar-refractivity contribution is 5.95. The smallest absolute Gasteiger partial charge is 0.310 e. The molecule has 0 saturated heterocycles. The van der Waals surface area contributed by atoms with E-state index in [-0.39, 0.29) is 24.1 Å². The second-order valence-corrected chi connectivity index (χ2v) is 3.12. The molecule has 0 radical (unpaired) electrons. The first-order valence-electron chi connectivity index (χ1n) is 4.69. The average Bonchev–Trinajstić information content (AvgIpc) is 2.03. The predicted octanol–water partition coefficient (Wildman–Crippen LogP) is 1.26. The summed E-state index contributed by atoms with van der Waals surface area (Å²) < 4.78 is 4.40. The van der Waals surface area contributed by atoms with Gasteiger partial charge in [-0.3, -0.25) is 14.4 Å². The first-order chi connectivity index (χ1) is 6.81. The Morgan fingerprint density at radius 1 is 1.27 bits per heavy atom. The topological polar surface area (TPSA) is 80.7 Å². The van der Waals surface area contributed by atoms with Gasteiger partial charge in [0.1, 0.15) is 12.2 Å². The molecular weight excluding hydrogens is 200 g/mol. The maximum atomic E-state index is 10.6. The summed E-state index contributed by atoms with van der Waals surface area (Å²) >= 11 is 0. The number of carboxylic acid groups (broad SMARTS) is 1. The molecule has 0 aromatic heterocycles. The first-order valence-corrected chi connectivity index (χ1v) is 4.69. The Morgan fingerprint density at radius 3 is 1.80 bits per heavy atom. The van der Waals surface area contributed by atoms with Crippen molar-refractivity contribution in [3.8, 4) is 0 Å². The Balaban J connectivity index is 0. The van der Waals surface area contributed by atoms with E-state index in [0.717, 1.165) is 0 Å². The molecule has 0 saturated carbocycles. The fraction of sp³-hybridized carbons (Fsp3) is 0.700. The largest absolute Gasteiger partial charge is 0.481 e. The molecule has 0 aromatic rings. The lowest BCUT2D eigenvalue weighted by atomic mass is 10.1. The van der Waals surface area contributed by atoms with E-state index in [9.17, 15) is 14.4 Å². The van der Waals surface area contributed by atoms with Crippen molar-refractivity contribution in [2.24, 2.45) is 5.92 Å². The molecule has 5 heteroatoms. The number of carboxylic acids is 1. The molecule has 5 nitrogen and oxygen atoms in total. The van der Waals surface area contributed by atoms with Crippen molar-refractivity contribution >= 4 is 17.7 Å². The van der Waals surface area contributed by atoms with Crippen LogP contribution < -0.4 is 0 Å². The SMILES string of the molecule is CC(C)C(=O)CC(=O)O.CCOC(C)=O. The Labute approximate surface area is 89.4 Å². The molecule has 15 heavy (non-hydrogen) atoms. The number of carbonyl (C=O) groups excluding carboxylic acids is 2. The van der Waals surface area contributed by atoms with Crippen molar-refractivity contribution in [3.05, 3.63) is 0 Å². The van der Waals surface area contributed by atoms with Gasteiger partial charge in [0.25, 0.3) is 0 Å². The number of esters is 1. The molecule has 0 bridgehead atoms. The average molecular weight is 218 g/mol. The summed E-state index contributed by atoms with van der Waals surface area (Å²) in [6, 6.07) is 0. The van der Waals surface area contributed by atoms with Crippen LogP contribution in [0.15, 0.2) is 0 Å². The zero-order chi connectivity index (χ0) is 12.4. The van der Waals surface area contributed by atoms with Gasteiger partial charge in [-0.1, -0.05) is 13.8 Å². The van der Waals surface area contributed by atoms with Gasteiger partial charge in [-0.05, 0) is 6.92 Å². The van der Waals surface area contributed by atoms with Crippen LogP contribution in [-0.4, -0.2) is 29.4 Å². The van der Waals surface area contributed by atoms with E-state index in [1.807, 2.05) is 0 Å². The molecule has 0 aliphatic carbocycles. The van der Waals surface area contributed by atoms with Gasteiger partial charge in [-0.2, -0.15) is 0 Å². The quantitative estimate of drug-likeness (QED) is 0.567. The molecule has 0 atom stereocenters. The lowest BCUT2D eigenvalue weighted by molar-refractivity contribution is -0.142. The van der Waals surface area contributed by atoms with Gasteiger partial charge in [0.2, 0.25) is 0 Å². The molecule has 0 spiro atoms. The molecule has 0 aliphatic heterocycles. The zero-order valence-electron chi connectivity index (χ0n) is 9.57. The van der Waals surface area contributed by atoms with E-state index in [2.05, 4.69) is 4.74 Å². The van der Waals surface area contributed by atoms with Crippen LogP contribution in [0, 0.1) is 5.92 Å². The number of rotatable bonds is 4. The fourth-order valence-corrected chi connectivity index (χ4v) is 0.556. The second-order valence-electron chi connectivity index (χ2n) is 3.12. The van der Waals surface area contributed by atoms with Gasteiger partial charge in [0.05, 0.1) is 6.61 Å². The summed E-state index contributed by atoms with van der Waals surface area (Å²) in [5.41, 5.74) is 0. The molecular formula is C10H18O5. The Morgan fingerprint density at radius 2 is 1.73 bits per heavy atom. The number of carbonyl (C=O) groups is 3. The van der Waals surface area contributed by atoms with E-state index in [1.165, 1.54) is 6.92 Å². The molecule has 88 valence electrons. The third-order valence-corrected chi connectivity index (χ3v) is 1.32. The molecule has 0 fully saturated rings. The molecule has 0 unspecified atom stereocenters. The standard InChI is InChI=1S/C6H10O3.C4H8O2/c1-4(2)5(7)3-6(8)9;1-3-6-4(2)5/h4H,3H2,1-2H3,(H,8,9);3H2,1-2H3. The number of ether oxygens (including phenoxy) is 1. The zero-order valence-corrected chi connectivity index (χ0v) is 9.57. The molecule has 0 amide bonds. The molecule has 0 rings (SSSR count). The Hall–Kier alpha value is -1.39. The highest BCUT2D eigenvalue weighted by atomic mass is 16.5. The van der Waals surface area contributed by atoms with Crippen LogP contribution in [0.1, 0.15) is 34.1 Å². The summed E-state index contributed by atoms with van der Waals surface area (Å²) in [5, 5.41) is 8.11. The van der Waals surface area contributed by atoms with Gasteiger partial charge in [0, 0.05) is 12.8 Å². The van der Waals surface area contributed by atoms with E-state index >= 15 is 0 Å². The van der Waals surface area contributed by atoms with Gasteiger partial charge in [-0.15, -0.1) is 0 Å². The lowest BCUT2D eigenvalue weighted by Crippen LogP contribution is -2.12. The van der Waals surface area contributed by atoms with E-state index in [1.54, 1.807) is 20.8 Å². The van der Waals surface area contributed by atoms with Crippen molar-refractivity contribution in [1.29, 1.82) is 0 Å². The van der Waals surface area contributed by atoms with E-state index < -0.39 is 5.97 Å². The summed E-state index contributed by atoms with van der Waals surface area (Å²) in [7, 11) is 0. The predicted molar refractivity (Wildman–Crippen MR) is 54.4 cm³/mol. The van der Waals surface area contributed by atoms with Crippen LogP contribution in [0.3, 0.4) is 0 Å². The molecule has 0 heterocycles. The lowest BCUT2D eigenvalue weighted by Gasteiger charge is -1.97. The van der Waals surface area contributed by atoms with Crippen molar-refractivity contribution < 1.29 is 24.2 Å². The number of hydrogen-bond donors (Lipinski definition) is 1. The van der Waals surface area contributed by atoms with Gasteiger partial charge >= 0.3 is 11.9 Å². The summed E-state index contributed by atoms with van der Waals surface area (Å²) in [5.74, 6) is -1.64. The minimum absolute atomic E-state index is 0.166. The van der Waals surface area contributed by atoms with Crippen LogP contribution in [0.5, 0.6) is 0 Å². The molecule has 1 N–H and O–H groups in total. The summed E-state index contributed by atoms with van der Waals surface area (Å²) in [6.45, 7) is 7.02. The maximum Gasteiger partial charge on any atom is 0.310 e. The molecule has 0 aromatic carbocycles. The van der Waals surface area contributed by atoms with Crippen molar-refractivity contribution in [2.45, 2.75) is 34.1 Å². The minimum Gasteiger partial charge on any atom is -0.481 e. The van der Waals surface area contributed by atoms with Crippen LogP contribution in [0.2, 0.25) is 0 Å². The number of Topliss-reactive ketones (excluding diaryl/α,β-unsaturated/α-hetero) is 1. The van der Waals surface area contributed by atoms with Gasteiger partial charge < -0.3 is 9.84 Å². The third-order valence-electron chi connectivity index (χ3n) is 1.32. The number of ketones is 1. The highest BCUT2D eigenvalue weighted by Gasteiger charge is 2.10. The van der Waals surface area contributed by atoms with Crippen LogP contribution in [-0.2, 0) is 19.1 Å².